The minimum atomic E-state index is -0.409. The Hall–Kier alpha value is -4.33. The van der Waals surface area contributed by atoms with Gasteiger partial charge in [0.05, 0.1) is 24.6 Å². The zero-order valence-electron chi connectivity index (χ0n) is 22.2. The Morgan fingerprint density at radius 3 is 2.21 bits per heavy atom. The summed E-state index contributed by atoms with van der Waals surface area (Å²) in [5.41, 5.74) is 3.30. The summed E-state index contributed by atoms with van der Waals surface area (Å²) in [5.74, 6) is -0.315. The highest BCUT2D eigenvalue weighted by atomic mass is 16.5. The second kappa shape index (κ2) is 13.3. The van der Waals surface area contributed by atoms with Crippen molar-refractivity contribution in [1.82, 2.24) is 0 Å². The predicted molar refractivity (Wildman–Crippen MR) is 147 cm³/mol. The maximum Gasteiger partial charge on any atom is 0.306 e. The molecule has 0 aliphatic heterocycles. The van der Waals surface area contributed by atoms with E-state index >= 15 is 0 Å². The quantitative estimate of drug-likeness (QED) is 0.205. The molecule has 0 heterocycles. The normalized spacial score (nSPS) is 11.4. The van der Waals surface area contributed by atoms with Gasteiger partial charge in [-0.2, -0.15) is 0 Å². The molecule has 0 spiro atoms. The first kappa shape index (κ1) is 28.2. The van der Waals surface area contributed by atoms with Crippen molar-refractivity contribution in [3.05, 3.63) is 77.4 Å². The van der Waals surface area contributed by atoms with Crippen molar-refractivity contribution in [1.29, 1.82) is 0 Å². The zero-order chi connectivity index (χ0) is 27.7. The molecule has 1 unspecified atom stereocenters. The largest absolute Gasteiger partial charge is 0.506 e. The van der Waals surface area contributed by atoms with E-state index in [-0.39, 0.29) is 48.6 Å². The maximum absolute atomic E-state index is 13.0. The van der Waals surface area contributed by atoms with E-state index in [1.54, 1.807) is 31.2 Å². The van der Waals surface area contributed by atoms with Crippen molar-refractivity contribution in [3.63, 3.8) is 0 Å². The first-order valence-electron chi connectivity index (χ1n) is 12.6. The Balaban J connectivity index is 1.71. The molecule has 2 amide bonds. The van der Waals surface area contributed by atoms with Crippen LogP contribution in [0.15, 0.2) is 60.7 Å². The van der Waals surface area contributed by atoms with Gasteiger partial charge in [0.2, 0.25) is 11.8 Å². The molecule has 8 nitrogen and oxygen atoms in total. The number of phenolic OH excluding ortho intramolecular Hbond substituents is 1. The third-order valence-corrected chi connectivity index (χ3v) is 5.98. The summed E-state index contributed by atoms with van der Waals surface area (Å²) in [6, 6.07) is 17.7. The zero-order valence-corrected chi connectivity index (χ0v) is 22.2. The van der Waals surface area contributed by atoms with Gasteiger partial charge in [-0.15, -0.1) is 0 Å². The molecular formula is C30H34N2O6. The fourth-order valence-corrected chi connectivity index (χ4v) is 4.13. The highest BCUT2D eigenvalue weighted by Gasteiger charge is 2.20. The van der Waals surface area contributed by atoms with Crippen LogP contribution >= 0.6 is 0 Å². The highest BCUT2D eigenvalue weighted by molar-refractivity contribution is 5.97. The van der Waals surface area contributed by atoms with Crippen molar-refractivity contribution in [2.75, 3.05) is 17.2 Å². The van der Waals surface area contributed by atoms with Crippen molar-refractivity contribution >= 4 is 29.2 Å². The lowest BCUT2D eigenvalue weighted by Crippen LogP contribution is -2.20. The van der Waals surface area contributed by atoms with Gasteiger partial charge in [-0.25, -0.2) is 0 Å². The average molecular weight is 519 g/mol. The maximum atomic E-state index is 13.0. The molecule has 0 aromatic heterocycles. The number of anilines is 2. The minimum absolute atomic E-state index is 0.0168. The number of hydrogen-bond donors (Lipinski definition) is 3. The molecule has 0 saturated carbocycles. The lowest BCUT2D eigenvalue weighted by atomic mass is 9.95. The number of carbonyl (C=O) groups excluding carboxylic acids is 3. The first-order chi connectivity index (χ1) is 18.2. The van der Waals surface area contributed by atoms with Crippen LogP contribution in [0.4, 0.5) is 11.4 Å². The van der Waals surface area contributed by atoms with E-state index < -0.39 is 5.97 Å². The van der Waals surface area contributed by atoms with Gasteiger partial charge in [-0.1, -0.05) is 37.3 Å². The van der Waals surface area contributed by atoms with Crippen LogP contribution in [0.2, 0.25) is 0 Å². The Morgan fingerprint density at radius 2 is 1.58 bits per heavy atom. The number of rotatable bonds is 11. The van der Waals surface area contributed by atoms with E-state index in [4.69, 9.17) is 9.47 Å². The number of esters is 1. The van der Waals surface area contributed by atoms with Crippen LogP contribution in [-0.2, 0) is 19.1 Å². The topological polar surface area (TPSA) is 114 Å². The van der Waals surface area contributed by atoms with E-state index in [0.717, 1.165) is 16.7 Å². The van der Waals surface area contributed by atoms with Crippen LogP contribution in [0.5, 0.6) is 17.2 Å². The summed E-state index contributed by atoms with van der Waals surface area (Å²) in [5, 5.41) is 16.0. The van der Waals surface area contributed by atoms with Gasteiger partial charge >= 0.3 is 5.97 Å². The number of aryl methyl sites for hydroxylation is 2. The summed E-state index contributed by atoms with van der Waals surface area (Å²) >= 11 is 0. The number of carbonyl (C=O) groups is 3. The molecule has 38 heavy (non-hydrogen) atoms. The summed E-state index contributed by atoms with van der Waals surface area (Å²) in [6.45, 7) is 7.64. The number of phenols is 1. The fraction of sp³-hybridized carbons (Fsp3) is 0.300. The van der Waals surface area contributed by atoms with Gasteiger partial charge in [-0.05, 0) is 68.1 Å². The van der Waals surface area contributed by atoms with E-state index in [1.807, 2.05) is 51.1 Å². The van der Waals surface area contributed by atoms with Crippen LogP contribution in [0.3, 0.4) is 0 Å². The molecule has 0 saturated heterocycles. The van der Waals surface area contributed by atoms with Crippen molar-refractivity contribution in [2.45, 2.75) is 52.9 Å². The van der Waals surface area contributed by atoms with Gasteiger partial charge in [-0.3, -0.25) is 14.4 Å². The Labute approximate surface area is 223 Å². The standard InChI is InChI=1S/C30H34N2O6/c1-5-24(21-10-8-7-9-11-21)30(36)32-25-18-23(12-13-26(25)33)38-29-19(3)16-22(17-20(29)4)31-27(34)14-15-28(35)37-6-2/h7-13,16-18,24,33H,5-6,14-15H2,1-4H3,(H,31,34)(H,32,36). The molecule has 3 aromatic carbocycles. The van der Waals surface area contributed by atoms with Crippen LogP contribution in [0, 0.1) is 13.8 Å². The number of nitrogens with one attached hydrogen (secondary N) is 2. The van der Waals surface area contributed by atoms with Crippen molar-refractivity contribution in [2.24, 2.45) is 0 Å². The number of hydrogen-bond acceptors (Lipinski definition) is 6. The molecule has 8 heteroatoms. The van der Waals surface area contributed by atoms with Crippen LogP contribution in [0.1, 0.15) is 55.7 Å². The molecule has 1 atom stereocenters. The Morgan fingerprint density at radius 1 is 0.895 bits per heavy atom. The van der Waals surface area contributed by atoms with Gasteiger partial charge in [0.25, 0.3) is 0 Å². The van der Waals surface area contributed by atoms with E-state index in [0.29, 0.717) is 23.6 Å². The van der Waals surface area contributed by atoms with Crippen LogP contribution < -0.4 is 15.4 Å². The fourth-order valence-electron chi connectivity index (χ4n) is 4.13. The molecular weight excluding hydrogens is 484 g/mol. The summed E-state index contributed by atoms with van der Waals surface area (Å²) in [4.78, 5) is 36.7. The highest BCUT2D eigenvalue weighted by Crippen LogP contribution is 2.35. The number of ether oxygens (including phenoxy) is 2. The molecule has 0 aliphatic carbocycles. The molecule has 200 valence electrons. The molecule has 3 N–H and O–H groups in total. The van der Waals surface area contributed by atoms with E-state index in [9.17, 15) is 19.5 Å². The predicted octanol–water partition coefficient (Wildman–Crippen LogP) is 6.22. The molecule has 3 rings (SSSR count). The molecule has 3 aromatic rings. The van der Waals surface area contributed by atoms with Crippen LogP contribution in [-0.4, -0.2) is 29.5 Å². The van der Waals surface area contributed by atoms with E-state index in [1.165, 1.54) is 6.07 Å². The minimum Gasteiger partial charge on any atom is -0.506 e. The van der Waals surface area contributed by atoms with Gasteiger partial charge in [0, 0.05) is 18.2 Å². The average Bonchev–Trinajstić information content (AvgIpc) is 2.88. The summed E-state index contributed by atoms with van der Waals surface area (Å²) in [6.07, 6.45) is 0.653. The third-order valence-electron chi connectivity index (χ3n) is 5.98. The van der Waals surface area contributed by atoms with Gasteiger partial charge in [0.1, 0.15) is 17.2 Å². The lowest BCUT2D eigenvalue weighted by Gasteiger charge is -2.18. The smallest absolute Gasteiger partial charge is 0.306 e. The van der Waals surface area contributed by atoms with Crippen molar-refractivity contribution < 1.29 is 29.0 Å². The molecule has 0 fully saturated rings. The Kier molecular flexibility index (Phi) is 9.87. The third kappa shape index (κ3) is 7.59. The second-order valence-electron chi connectivity index (χ2n) is 8.93. The first-order valence-corrected chi connectivity index (χ1v) is 12.6. The number of aromatic hydroxyl groups is 1. The molecule has 0 bridgehead atoms. The molecule has 0 radical (unpaired) electrons. The Bertz CT molecular complexity index is 1270. The monoisotopic (exact) mass is 518 g/mol. The lowest BCUT2D eigenvalue weighted by molar-refractivity contribution is -0.144. The number of amides is 2. The number of benzene rings is 3. The van der Waals surface area contributed by atoms with Gasteiger partial charge in [0.15, 0.2) is 0 Å². The molecule has 0 aliphatic rings. The summed E-state index contributed by atoms with van der Waals surface area (Å²) < 4.78 is 11.0. The van der Waals surface area contributed by atoms with E-state index in [2.05, 4.69) is 10.6 Å². The van der Waals surface area contributed by atoms with Gasteiger partial charge < -0.3 is 25.2 Å². The second-order valence-corrected chi connectivity index (χ2v) is 8.93. The van der Waals surface area contributed by atoms with Crippen LogP contribution in [0.25, 0.3) is 0 Å². The van der Waals surface area contributed by atoms with Crippen molar-refractivity contribution in [3.8, 4) is 17.2 Å². The summed E-state index contributed by atoms with van der Waals surface area (Å²) in [7, 11) is 0. The SMILES string of the molecule is CCOC(=O)CCC(=O)Nc1cc(C)c(Oc2ccc(O)c(NC(=O)C(CC)c3ccccc3)c2)c(C)c1.